The van der Waals surface area contributed by atoms with Crippen LogP contribution in [0.1, 0.15) is 6.23 Å². The predicted octanol–water partition coefficient (Wildman–Crippen LogP) is -0.572. The first kappa shape index (κ1) is 19.6. The molecule has 1 aliphatic heterocycles. The normalized spacial score (nSPS) is 24.8. The van der Waals surface area contributed by atoms with Gasteiger partial charge in [0.1, 0.15) is 24.6 Å². The summed E-state index contributed by atoms with van der Waals surface area (Å²) >= 11 is 0. The second-order valence-electron chi connectivity index (χ2n) is 6.40. The molecule has 4 atom stereocenters. The summed E-state index contributed by atoms with van der Waals surface area (Å²) in [5.74, 6) is 0.306. The zero-order valence-electron chi connectivity index (χ0n) is 14.7. The van der Waals surface area contributed by atoms with Crippen LogP contribution in [0.4, 0.5) is 11.5 Å². The smallest absolute Gasteiger partial charge is 0.294 e. The number of fused-ring (bicyclic) bond motifs is 1. The Kier molecular flexibility index (Phi) is 4.94. The van der Waals surface area contributed by atoms with Crippen LogP contribution in [0.5, 0.6) is 0 Å². The van der Waals surface area contributed by atoms with E-state index in [1.54, 1.807) is 0 Å². The maximum Gasteiger partial charge on any atom is 0.294 e. The van der Waals surface area contributed by atoms with Gasteiger partial charge in [0.05, 0.1) is 17.8 Å². The maximum atomic E-state index is 11.1. The van der Waals surface area contributed by atoms with Crippen molar-refractivity contribution in [3.63, 3.8) is 0 Å². The fourth-order valence-corrected chi connectivity index (χ4v) is 3.57. The number of imidazole rings is 1. The van der Waals surface area contributed by atoms with Crippen LogP contribution in [0, 0.1) is 0 Å². The highest BCUT2D eigenvalue weighted by molar-refractivity contribution is 7.85. The molecule has 1 saturated heterocycles. The van der Waals surface area contributed by atoms with Crippen LogP contribution in [0.3, 0.4) is 0 Å². The number of nitrogens with zero attached hydrogens (tertiary/aromatic N) is 4. The quantitative estimate of drug-likeness (QED) is 0.332. The van der Waals surface area contributed by atoms with Crippen molar-refractivity contribution in [2.24, 2.45) is 0 Å². The van der Waals surface area contributed by atoms with E-state index in [9.17, 15) is 23.7 Å². The average Bonchev–Trinajstić information content (AvgIpc) is 3.24. The van der Waals surface area contributed by atoms with Gasteiger partial charge in [0.25, 0.3) is 10.1 Å². The van der Waals surface area contributed by atoms with Crippen molar-refractivity contribution in [3.8, 4) is 0 Å². The van der Waals surface area contributed by atoms with Crippen LogP contribution >= 0.6 is 0 Å². The van der Waals surface area contributed by atoms with Gasteiger partial charge in [0, 0.05) is 5.69 Å². The number of anilines is 2. The predicted molar refractivity (Wildman–Crippen MR) is 97.9 cm³/mol. The largest absolute Gasteiger partial charge is 0.394 e. The van der Waals surface area contributed by atoms with E-state index in [1.807, 2.05) is 0 Å². The number of aliphatic hydroxyl groups excluding tert-OH is 3. The lowest BCUT2D eigenvalue weighted by molar-refractivity contribution is -0.0511. The Morgan fingerprint density at radius 2 is 1.83 bits per heavy atom. The van der Waals surface area contributed by atoms with Crippen molar-refractivity contribution in [2.75, 3.05) is 11.9 Å². The Morgan fingerprint density at radius 1 is 1.10 bits per heavy atom. The van der Waals surface area contributed by atoms with Crippen molar-refractivity contribution in [1.82, 2.24) is 19.5 Å². The minimum atomic E-state index is -4.29. The van der Waals surface area contributed by atoms with Crippen molar-refractivity contribution < 1.29 is 33.0 Å². The standard InChI is InChI=1S/C16H17N5O7S/c22-5-10-12(23)13(24)16(28-10)21-7-19-11-14(17-6-18-15(11)21)20-8-1-3-9(4-2-8)29(25,26)27/h1-4,6-7,10,12-13,16,22-24H,5H2,(H,17,18,20)(H,25,26,27)/t10-,12-,13-,16-/m1/s1. The van der Waals surface area contributed by atoms with Gasteiger partial charge in [-0.15, -0.1) is 0 Å². The van der Waals surface area contributed by atoms with Gasteiger partial charge >= 0.3 is 0 Å². The minimum Gasteiger partial charge on any atom is -0.394 e. The summed E-state index contributed by atoms with van der Waals surface area (Å²) in [5, 5.41) is 32.4. The first-order chi connectivity index (χ1) is 13.8. The molecular formula is C16H17N5O7S. The van der Waals surface area contributed by atoms with Crippen LogP contribution in [0.2, 0.25) is 0 Å². The van der Waals surface area contributed by atoms with Crippen molar-refractivity contribution in [3.05, 3.63) is 36.9 Å². The number of benzene rings is 1. The van der Waals surface area contributed by atoms with Crippen molar-refractivity contribution in [2.45, 2.75) is 29.4 Å². The van der Waals surface area contributed by atoms with E-state index >= 15 is 0 Å². The second-order valence-corrected chi connectivity index (χ2v) is 7.82. The number of hydrogen-bond acceptors (Lipinski definition) is 10. The van der Waals surface area contributed by atoms with Gasteiger partial charge in [-0.3, -0.25) is 9.12 Å². The van der Waals surface area contributed by atoms with Crippen LogP contribution in [-0.2, 0) is 14.9 Å². The zero-order valence-corrected chi connectivity index (χ0v) is 15.5. The van der Waals surface area contributed by atoms with Gasteiger partial charge in [0.2, 0.25) is 0 Å². The van der Waals surface area contributed by atoms with Crippen LogP contribution in [0.15, 0.2) is 41.8 Å². The zero-order chi connectivity index (χ0) is 20.8. The molecule has 29 heavy (non-hydrogen) atoms. The molecule has 0 amide bonds. The number of nitrogens with one attached hydrogen (secondary N) is 1. The molecule has 1 fully saturated rings. The molecule has 1 aliphatic rings. The molecule has 0 aliphatic carbocycles. The lowest BCUT2D eigenvalue weighted by Gasteiger charge is -2.16. The molecule has 3 aromatic rings. The Morgan fingerprint density at radius 3 is 2.45 bits per heavy atom. The highest BCUT2D eigenvalue weighted by Crippen LogP contribution is 2.32. The van der Waals surface area contributed by atoms with Crippen LogP contribution in [0.25, 0.3) is 11.2 Å². The van der Waals surface area contributed by atoms with Gasteiger partial charge in [-0.05, 0) is 24.3 Å². The summed E-state index contributed by atoms with van der Waals surface area (Å²) in [5.41, 5.74) is 1.14. The van der Waals surface area contributed by atoms with E-state index in [1.165, 1.54) is 41.5 Å². The minimum absolute atomic E-state index is 0.246. The molecule has 154 valence electrons. The number of hydrogen-bond donors (Lipinski definition) is 5. The molecule has 2 aromatic heterocycles. The summed E-state index contributed by atoms with van der Waals surface area (Å²) in [7, 11) is -4.29. The Balaban J connectivity index is 1.65. The molecule has 0 unspecified atom stereocenters. The molecule has 0 bridgehead atoms. The van der Waals surface area contributed by atoms with Gasteiger partial charge in [-0.1, -0.05) is 0 Å². The van der Waals surface area contributed by atoms with E-state index < -0.39 is 41.3 Å². The molecule has 13 heteroatoms. The third-order valence-electron chi connectivity index (χ3n) is 4.56. The third kappa shape index (κ3) is 3.55. The fourth-order valence-electron chi connectivity index (χ4n) is 3.09. The lowest BCUT2D eigenvalue weighted by atomic mass is 10.1. The maximum absolute atomic E-state index is 11.1. The Bertz CT molecular complexity index is 1130. The van der Waals surface area contributed by atoms with Gasteiger partial charge in [-0.2, -0.15) is 8.42 Å². The molecule has 4 rings (SSSR count). The molecule has 3 heterocycles. The molecule has 0 radical (unpaired) electrons. The summed E-state index contributed by atoms with van der Waals surface area (Å²) in [6, 6.07) is 5.35. The Labute approximate surface area is 164 Å². The molecule has 12 nitrogen and oxygen atoms in total. The van der Waals surface area contributed by atoms with Crippen molar-refractivity contribution >= 4 is 32.8 Å². The number of aliphatic hydroxyl groups is 3. The summed E-state index contributed by atoms with van der Waals surface area (Å²) < 4.78 is 38.2. The topological polar surface area (TPSA) is 180 Å². The first-order valence-electron chi connectivity index (χ1n) is 8.44. The molecular weight excluding hydrogens is 406 g/mol. The van der Waals surface area contributed by atoms with E-state index in [0.29, 0.717) is 22.7 Å². The van der Waals surface area contributed by atoms with E-state index in [-0.39, 0.29) is 4.90 Å². The monoisotopic (exact) mass is 423 g/mol. The SMILES string of the molecule is O=S(=O)(O)c1ccc(Nc2ncnc3c2ncn3[C@@H]2O[C@H](CO)[C@@H](O)[C@H]2O)cc1. The molecule has 5 N–H and O–H groups in total. The van der Waals surface area contributed by atoms with E-state index in [2.05, 4.69) is 20.3 Å². The van der Waals surface area contributed by atoms with Crippen molar-refractivity contribution in [1.29, 1.82) is 0 Å². The van der Waals surface area contributed by atoms with E-state index in [0.717, 1.165) is 0 Å². The highest BCUT2D eigenvalue weighted by Gasteiger charge is 2.44. The summed E-state index contributed by atoms with van der Waals surface area (Å²) in [6.45, 7) is -0.456. The Hall–Kier alpha value is -2.68. The van der Waals surface area contributed by atoms with Gasteiger partial charge in [0.15, 0.2) is 23.2 Å². The summed E-state index contributed by atoms with van der Waals surface area (Å²) in [4.78, 5) is 12.3. The second kappa shape index (κ2) is 7.29. The highest BCUT2D eigenvalue weighted by atomic mass is 32.2. The van der Waals surface area contributed by atoms with Crippen LogP contribution < -0.4 is 5.32 Å². The lowest BCUT2D eigenvalue weighted by Crippen LogP contribution is -2.33. The number of rotatable bonds is 5. The number of aromatic nitrogens is 4. The number of ether oxygens (including phenoxy) is 1. The third-order valence-corrected chi connectivity index (χ3v) is 5.43. The van der Waals surface area contributed by atoms with Gasteiger partial charge < -0.3 is 25.4 Å². The first-order valence-corrected chi connectivity index (χ1v) is 9.88. The fraction of sp³-hybridized carbons (Fsp3) is 0.312. The van der Waals surface area contributed by atoms with Crippen LogP contribution in [-0.4, -0.2) is 72.7 Å². The van der Waals surface area contributed by atoms with Gasteiger partial charge in [-0.25, -0.2) is 15.0 Å². The average molecular weight is 423 g/mol. The molecule has 0 spiro atoms. The van der Waals surface area contributed by atoms with E-state index in [4.69, 9.17) is 9.29 Å². The molecule has 0 saturated carbocycles. The summed E-state index contributed by atoms with van der Waals surface area (Å²) in [6.07, 6.45) is -1.85. The molecule has 1 aromatic carbocycles.